The van der Waals surface area contributed by atoms with Crippen molar-refractivity contribution >= 4 is 23.2 Å². The Hall–Kier alpha value is -2.78. The van der Waals surface area contributed by atoms with E-state index in [4.69, 9.17) is 11.6 Å². The number of phenolic OH excluding ortho intramolecular Hbond substituents is 1. The highest BCUT2D eigenvalue weighted by Gasteiger charge is 2.48. The number of rotatable bonds is 3. The van der Waals surface area contributed by atoms with Gasteiger partial charge in [0.15, 0.2) is 0 Å². The van der Waals surface area contributed by atoms with Gasteiger partial charge in [0.1, 0.15) is 5.75 Å². The van der Waals surface area contributed by atoms with E-state index < -0.39 is 5.41 Å². The molecule has 4 heteroatoms. The molecule has 1 heterocycles. The second-order valence-electron chi connectivity index (χ2n) is 7.58. The molecule has 0 bridgehead atoms. The smallest absolute Gasteiger partial charge is 0.242 e. The molecule has 1 atom stereocenters. The van der Waals surface area contributed by atoms with Crippen molar-refractivity contribution in [2.45, 2.75) is 32.7 Å². The number of nitrogens with zero attached hydrogens (tertiary/aromatic N) is 1. The number of fused-ring (bicyclic) bond motifs is 1. The molecule has 1 N–H and O–H groups in total. The zero-order valence-electron chi connectivity index (χ0n) is 16.2. The minimum absolute atomic E-state index is 0.0121. The van der Waals surface area contributed by atoms with Crippen molar-refractivity contribution in [2.24, 2.45) is 0 Å². The SMILES string of the molecule is Cc1cc(C2(C)C(=O)N(Cc3ccccc3Cl)c3ccccc32)cc(C)c1O. The summed E-state index contributed by atoms with van der Waals surface area (Å²) in [5, 5.41) is 10.8. The maximum Gasteiger partial charge on any atom is 0.242 e. The number of hydrogen-bond donors (Lipinski definition) is 1. The normalized spacial score (nSPS) is 18.4. The van der Waals surface area contributed by atoms with Gasteiger partial charge in [-0.2, -0.15) is 0 Å². The number of carbonyl (C=O) groups is 1. The first-order valence-corrected chi connectivity index (χ1v) is 9.67. The number of halogens is 1. The first kappa shape index (κ1) is 18.6. The lowest BCUT2D eigenvalue weighted by Gasteiger charge is -2.26. The van der Waals surface area contributed by atoms with E-state index in [1.165, 1.54) is 0 Å². The standard InChI is InChI=1S/C24H22ClNO2/c1-15-12-18(13-16(2)22(15)27)24(3)19-9-5-7-11-21(19)26(23(24)28)14-17-8-4-6-10-20(17)25/h4-13,27H,14H2,1-3H3. The average Bonchev–Trinajstić information content (AvgIpc) is 2.90. The maximum atomic E-state index is 13.7. The third-order valence-corrected chi connectivity index (χ3v) is 6.13. The second kappa shape index (κ2) is 6.68. The minimum Gasteiger partial charge on any atom is -0.507 e. The third-order valence-electron chi connectivity index (χ3n) is 5.76. The van der Waals surface area contributed by atoms with Crippen LogP contribution >= 0.6 is 11.6 Å². The molecule has 3 aromatic carbocycles. The highest BCUT2D eigenvalue weighted by molar-refractivity contribution is 6.31. The van der Waals surface area contributed by atoms with Gasteiger partial charge in [-0.15, -0.1) is 0 Å². The van der Waals surface area contributed by atoms with E-state index in [0.717, 1.165) is 33.5 Å². The molecular formula is C24H22ClNO2. The number of phenols is 1. The van der Waals surface area contributed by atoms with Gasteiger partial charge in [-0.05, 0) is 60.7 Å². The van der Waals surface area contributed by atoms with Crippen LogP contribution in [-0.2, 0) is 16.8 Å². The minimum atomic E-state index is -0.818. The topological polar surface area (TPSA) is 40.5 Å². The predicted molar refractivity (Wildman–Crippen MR) is 113 cm³/mol. The molecule has 3 nitrogen and oxygen atoms in total. The fourth-order valence-electron chi connectivity index (χ4n) is 4.10. The highest BCUT2D eigenvalue weighted by atomic mass is 35.5. The monoisotopic (exact) mass is 391 g/mol. The van der Waals surface area contributed by atoms with Crippen LogP contribution < -0.4 is 4.90 Å². The molecule has 0 aliphatic carbocycles. The van der Waals surface area contributed by atoms with Gasteiger partial charge in [-0.3, -0.25) is 4.79 Å². The van der Waals surface area contributed by atoms with E-state index in [-0.39, 0.29) is 11.7 Å². The summed E-state index contributed by atoms with van der Waals surface area (Å²) >= 11 is 6.36. The Balaban J connectivity index is 1.86. The molecule has 0 saturated carbocycles. The van der Waals surface area contributed by atoms with Gasteiger partial charge >= 0.3 is 0 Å². The lowest BCUT2D eigenvalue weighted by Crippen LogP contribution is -2.39. The molecule has 142 valence electrons. The molecule has 1 aliphatic rings. The van der Waals surface area contributed by atoms with E-state index >= 15 is 0 Å². The summed E-state index contributed by atoms with van der Waals surface area (Å²) in [7, 11) is 0. The molecule has 1 amide bonds. The van der Waals surface area contributed by atoms with Crippen LogP contribution in [0.4, 0.5) is 5.69 Å². The number of anilines is 1. The number of hydrogen-bond acceptors (Lipinski definition) is 2. The third kappa shape index (κ3) is 2.70. The number of aromatic hydroxyl groups is 1. The van der Waals surface area contributed by atoms with Crippen LogP contribution in [0.3, 0.4) is 0 Å². The molecule has 0 radical (unpaired) electrons. The molecule has 0 spiro atoms. The van der Waals surface area contributed by atoms with Crippen LogP contribution in [0.15, 0.2) is 60.7 Å². The van der Waals surface area contributed by atoms with Crippen molar-refractivity contribution in [1.29, 1.82) is 0 Å². The van der Waals surface area contributed by atoms with Gasteiger partial charge in [-0.1, -0.05) is 60.1 Å². The lowest BCUT2D eigenvalue weighted by atomic mass is 9.76. The Morgan fingerprint density at radius 2 is 1.61 bits per heavy atom. The average molecular weight is 392 g/mol. The number of carbonyl (C=O) groups excluding carboxylic acids is 1. The fourth-order valence-corrected chi connectivity index (χ4v) is 4.30. The Morgan fingerprint density at radius 1 is 1.00 bits per heavy atom. The summed E-state index contributed by atoms with van der Waals surface area (Å²) in [6.45, 7) is 6.11. The van der Waals surface area contributed by atoms with Gasteiger partial charge in [0, 0.05) is 10.7 Å². The summed E-state index contributed by atoms with van der Waals surface area (Å²) in [4.78, 5) is 15.5. The molecular weight excluding hydrogens is 370 g/mol. The van der Waals surface area contributed by atoms with E-state index in [1.54, 1.807) is 0 Å². The molecule has 3 aromatic rings. The molecule has 4 rings (SSSR count). The molecule has 1 aliphatic heterocycles. The van der Waals surface area contributed by atoms with Gasteiger partial charge in [0.05, 0.1) is 12.0 Å². The Labute approximate surface area is 170 Å². The van der Waals surface area contributed by atoms with Crippen molar-refractivity contribution in [3.8, 4) is 5.75 Å². The highest BCUT2D eigenvalue weighted by Crippen LogP contribution is 2.47. The van der Waals surface area contributed by atoms with Crippen LogP contribution in [0.25, 0.3) is 0 Å². The van der Waals surface area contributed by atoms with Gasteiger partial charge in [-0.25, -0.2) is 0 Å². The molecule has 28 heavy (non-hydrogen) atoms. The summed E-state index contributed by atoms with van der Waals surface area (Å²) < 4.78 is 0. The summed E-state index contributed by atoms with van der Waals surface area (Å²) in [5.41, 5.74) is 4.39. The van der Waals surface area contributed by atoms with Crippen molar-refractivity contribution in [3.05, 3.63) is 93.5 Å². The van der Waals surface area contributed by atoms with Crippen molar-refractivity contribution in [2.75, 3.05) is 4.90 Å². The first-order chi connectivity index (χ1) is 13.3. The van der Waals surface area contributed by atoms with Crippen LogP contribution in [0.5, 0.6) is 5.75 Å². The number of aryl methyl sites for hydroxylation is 2. The van der Waals surface area contributed by atoms with E-state index in [9.17, 15) is 9.90 Å². The fraction of sp³-hybridized carbons (Fsp3) is 0.208. The van der Waals surface area contributed by atoms with E-state index in [2.05, 4.69) is 0 Å². The quantitative estimate of drug-likeness (QED) is 0.639. The molecule has 0 saturated heterocycles. The second-order valence-corrected chi connectivity index (χ2v) is 7.99. The maximum absolute atomic E-state index is 13.7. The van der Waals surface area contributed by atoms with Crippen molar-refractivity contribution in [3.63, 3.8) is 0 Å². The Bertz CT molecular complexity index is 1070. The Kier molecular flexibility index (Phi) is 4.43. The first-order valence-electron chi connectivity index (χ1n) is 9.29. The van der Waals surface area contributed by atoms with Crippen LogP contribution in [-0.4, -0.2) is 11.0 Å². The summed E-state index contributed by atoms with van der Waals surface area (Å²) in [6, 6.07) is 19.3. The molecule has 1 unspecified atom stereocenters. The van der Waals surface area contributed by atoms with Crippen LogP contribution in [0.1, 0.15) is 34.7 Å². The van der Waals surface area contributed by atoms with Crippen molar-refractivity contribution in [1.82, 2.24) is 0 Å². The zero-order valence-corrected chi connectivity index (χ0v) is 16.9. The number of para-hydroxylation sites is 1. The number of amides is 1. The van der Waals surface area contributed by atoms with Crippen molar-refractivity contribution < 1.29 is 9.90 Å². The summed E-state index contributed by atoms with van der Waals surface area (Å²) in [5.74, 6) is 0.289. The molecule has 0 aromatic heterocycles. The predicted octanol–water partition coefficient (Wildman–Crippen LogP) is 5.52. The Morgan fingerprint density at radius 3 is 2.29 bits per heavy atom. The lowest BCUT2D eigenvalue weighted by molar-refractivity contribution is -0.121. The summed E-state index contributed by atoms with van der Waals surface area (Å²) in [6.07, 6.45) is 0. The zero-order chi connectivity index (χ0) is 20.1. The van der Waals surface area contributed by atoms with Gasteiger partial charge < -0.3 is 10.0 Å². The van der Waals surface area contributed by atoms with Crippen LogP contribution in [0.2, 0.25) is 5.02 Å². The van der Waals surface area contributed by atoms with E-state index in [1.807, 2.05) is 86.3 Å². The molecule has 0 fully saturated rings. The van der Waals surface area contributed by atoms with Gasteiger partial charge in [0.25, 0.3) is 0 Å². The number of benzene rings is 3. The largest absolute Gasteiger partial charge is 0.507 e. The van der Waals surface area contributed by atoms with Gasteiger partial charge in [0.2, 0.25) is 5.91 Å². The van der Waals surface area contributed by atoms with Crippen LogP contribution in [0, 0.1) is 13.8 Å². The van der Waals surface area contributed by atoms with E-state index in [0.29, 0.717) is 11.6 Å².